The summed E-state index contributed by atoms with van der Waals surface area (Å²) in [4.78, 5) is 12.0. The van der Waals surface area contributed by atoms with Gasteiger partial charge in [-0.05, 0) is 30.7 Å². The van der Waals surface area contributed by atoms with Crippen molar-refractivity contribution in [2.24, 2.45) is 0 Å². The Labute approximate surface area is 109 Å². The van der Waals surface area contributed by atoms with Gasteiger partial charge in [-0.3, -0.25) is 4.79 Å². The first kappa shape index (κ1) is 13.1. The van der Waals surface area contributed by atoms with Crippen molar-refractivity contribution in [1.82, 2.24) is 0 Å². The Hall–Kier alpha value is -2.36. The standard InChI is InChI=1S/C15H13FO3/c1-9-13(17)7-6-11(15(9)19)14(18)8-10-4-2-3-5-12(10)16/h2-7,17,19H,8H2,1H3. The van der Waals surface area contributed by atoms with Crippen LogP contribution in [0.1, 0.15) is 21.5 Å². The summed E-state index contributed by atoms with van der Waals surface area (Å²) >= 11 is 0. The second-order valence-electron chi connectivity index (χ2n) is 4.30. The lowest BCUT2D eigenvalue weighted by Gasteiger charge is -2.08. The first-order chi connectivity index (χ1) is 9.00. The van der Waals surface area contributed by atoms with Crippen LogP contribution < -0.4 is 0 Å². The Morgan fingerprint density at radius 2 is 1.84 bits per heavy atom. The van der Waals surface area contributed by atoms with Crippen molar-refractivity contribution in [3.8, 4) is 11.5 Å². The van der Waals surface area contributed by atoms with Crippen molar-refractivity contribution >= 4 is 5.78 Å². The van der Waals surface area contributed by atoms with Crippen molar-refractivity contribution in [2.75, 3.05) is 0 Å². The van der Waals surface area contributed by atoms with Crippen LogP contribution in [0.3, 0.4) is 0 Å². The van der Waals surface area contributed by atoms with E-state index in [1.54, 1.807) is 12.1 Å². The number of hydrogen-bond acceptors (Lipinski definition) is 3. The second-order valence-corrected chi connectivity index (χ2v) is 4.30. The van der Waals surface area contributed by atoms with Gasteiger partial charge in [0.1, 0.15) is 17.3 Å². The van der Waals surface area contributed by atoms with Gasteiger partial charge >= 0.3 is 0 Å². The number of rotatable bonds is 3. The lowest BCUT2D eigenvalue weighted by molar-refractivity contribution is 0.0989. The number of ketones is 1. The highest BCUT2D eigenvalue weighted by Gasteiger charge is 2.16. The Kier molecular flexibility index (Phi) is 3.51. The van der Waals surface area contributed by atoms with Crippen LogP contribution in [0.2, 0.25) is 0 Å². The van der Waals surface area contributed by atoms with Gasteiger partial charge in [0.25, 0.3) is 0 Å². The molecule has 0 radical (unpaired) electrons. The number of phenolic OH excluding ortho intramolecular Hbond substituents is 2. The zero-order valence-corrected chi connectivity index (χ0v) is 10.4. The molecular formula is C15H13FO3. The summed E-state index contributed by atoms with van der Waals surface area (Å²) in [6.45, 7) is 1.50. The molecule has 98 valence electrons. The minimum Gasteiger partial charge on any atom is -0.508 e. The molecule has 0 amide bonds. The molecule has 0 aliphatic carbocycles. The fraction of sp³-hybridized carbons (Fsp3) is 0.133. The average molecular weight is 260 g/mol. The number of halogens is 1. The Morgan fingerprint density at radius 3 is 2.53 bits per heavy atom. The van der Waals surface area contributed by atoms with E-state index in [2.05, 4.69) is 0 Å². The maximum Gasteiger partial charge on any atom is 0.171 e. The molecule has 0 atom stereocenters. The molecule has 19 heavy (non-hydrogen) atoms. The van der Waals surface area contributed by atoms with Crippen LogP contribution in [0.5, 0.6) is 11.5 Å². The molecule has 0 heterocycles. The summed E-state index contributed by atoms with van der Waals surface area (Å²) < 4.78 is 13.5. The molecule has 0 saturated carbocycles. The van der Waals surface area contributed by atoms with Crippen molar-refractivity contribution in [3.05, 3.63) is 58.9 Å². The molecule has 0 bridgehead atoms. The predicted molar refractivity (Wildman–Crippen MR) is 68.9 cm³/mol. The van der Waals surface area contributed by atoms with Crippen molar-refractivity contribution < 1.29 is 19.4 Å². The third kappa shape index (κ3) is 2.57. The molecule has 0 aliphatic rings. The topological polar surface area (TPSA) is 57.5 Å². The minimum atomic E-state index is -0.453. The van der Waals surface area contributed by atoms with Crippen LogP contribution in [0.15, 0.2) is 36.4 Å². The lowest BCUT2D eigenvalue weighted by atomic mass is 9.99. The highest BCUT2D eigenvalue weighted by Crippen LogP contribution is 2.30. The molecule has 2 rings (SSSR count). The quantitative estimate of drug-likeness (QED) is 0.834. The van der Waals surface area contributed by atoms with Gasteiger partial charge in [-0.1, -0.05) is 18.2 Å². The van der Waals surface area contributed by atoms with E-state index in [9.17, 15) is 19.4 Å². The van der Waals surface area contributed by atoms with Crippen molar-refractivity contribution in [2.45, 2.75) is 13.3 Å². The molecule has 3 nitrogen and oxygen atoms in total. The van der Waals surface area contributed by atoms with E-state index in [-0.39, 0.29) is 34.6 Å². The average Bonchev–Trinajstić information content (AvgIpc) is 2.39. The maximum atomic E-state index is 13.5. The molecular weight excluding hydrogens is 247 g/mol. The second kappa shape index (κ2) is 5.10. The van der Waals surface area contributed by atoms with E-state index in [1.807, 2.05) is 0 Å². The minimum absolute atomic E-state index is 0.0820. The van der Waals surface area contributed by atoms with Crippen LogP contribution in [0.4, 0.5) is 4.39 Å². The normalized spacial score (nSPS) is 10.4. The van der Waals surface area contributed by atoms with Crippen molar-refractivity contribution in [3.63, 3.8) is 0 Å². The number of hydrogen-bond donors (Lipinski definition) is 2. The molecule has 0 aromatic heterocycles. The van der Waals surface area contributed by atoms with Gasteiger partial charge in [0, 0.05) is 12.0 Å². The van der Waals surface area contributed by atoms with E-state index < -0.39 is 11.6 Å². The van der Waals surface area contributed by atoms with Gasteiger partial charge in [0.15, 0.2) is 5.78 Å². The van der Waals surface area contributed by atoms with Gasteiger partial charge in [-0.25, -0.2) is 4.39 Å². The van der Waals surface area contributed by atoms with Gasteiger partial charge < -0.3 is 10.2 Å². The highest BCUT2D eigenvalue weighted by molar-refractivity contribution is 6.00. The van der Waals surface area contributed by atoms with E-state index in [1.165, 1.54) is 31.2 Å². The van der Waals surface area contributed by atoms with Crippen LogP contribution in [-0.2, 0) is 6.42 Å². The molecule has 4 heteroatoms. The Morgan fingerprint density at radius 1 is 1.16 bits per heavy atom. The van der Waals surface area contributed by atoms with Gasteiger partial charge in [-0.15, -0.1) is 0 Å². The monoisotopic (exact) mass is 260 g/mol. The number of carbonyl (C=O) groups is 1. The third-order valence-corrected chi connectivity index (χ3v) is 3.01. The number of phenols is 2. The van der Waals surface area contributed by atoms with Gasteiger partial charge in [-0.2, -0.15) is 0 Å². The summed E-state index contributed by atoms with van der Waals surface area (Å²) in [7, 11) is 0. The van der Waals surface area contributed by atoms with E-state index >= 15 is 0 Å². The molecule has 0 aliphatic heterocycles. The first-order valence-electron chi connectivity index (χ1n) is 5.79. The predicted octanol–water partition coefficient (Wildman–Crippen LogP) is 2.97. The van der Waals surface area contributed by atoms with Crippen LogP contribution >= 0.6 is 0 Å². The van der Waals surface area contributed by atoms with Gasteiger partial charge in [0.05, 0.1) is 5.56 Å². The largest absolute Gasteiger partial charge is 0.508 e. The van der Waals surface area contributed by atoms with E-state index in [0.29, 0.717) is 0 Å². The molecule has 0 fully saturated rings. The number of benzene rings is 2. The Bertz CT molecular complexity index is 635. The number of carbonyl (C=O) groups excluding carboxylic acids is 1. The fourth-order valence-electron chi connectivity index (χ4n) is 1.82. The molecule has 0 spiro atoms. The summed E-state index contributed by atoms with van der Waals surface area (Å²) in [6.07, 6.45) is -0.134. The summed E-state index contributed by atoms with van der Waals surface area (Å²) in [5.41, 5.74) is 0.593. The smallest absolute Gasteiger partial charge is 0.171 e. The number of Topliss-reactive ketones (excluding diaryl/α,β-unsaturated/α-hetero) is 1. The summed E-state index contributed by atoms with van der Waals surface area (Å²) in [6, 6.07) is 8.67. The Balaban J connectivity index is 2.31. The third-order valence-electron chi connectivity index (χ3n) is 3.01. The summed E-state index contributed by atoms with van der Waals surface area (Å²) in [5, 5.41) is 19.2. The van der Waals surface area contributed by atoms with Gasteiger partial charge in [0.2, 0.25) is 0 Å². The highest BCUT2D eigenvalue weighted by atomic mass is 19.1. The molecule has 0 saturated heterocycles. The van der Waals surface area contributed by atoms with E-state index in [0.717, 1.165) is 0 Å². The zero-order chi connectivity index (χ0) is 14.0. The molecule has 2 N–H and O–H groups in total. The van der Waals surface area contributed by atoms with E-state index in [4.69, 9.17) is 0 Å². The SMILES string of the molecule is Cc1c(O)ccc(C(=O)Cc2ccccc2F)c1O. The summed E-state index contributed by atoms with van der Waals surface area (Å²) in [5.74, 6) is -1.20. The lowest BCUT2D eigenvalue weighted by Crippen LogP contribution is -2.06. The fourth-order valence-corrected chi connectivity index (χ4v) is 1.82. The maximum absolute atomic E-state index is 13.5. The number of aromatic hydroxyl groups is 2. The molecule has 2 aromatic rings. The van der Waals surface area contributed by atoms with Crippen LogP contribution in [0, 0.1) is 12.7 Å². The van der Waals surface area contributed by atoms with Crippen LogP contribution in [-0.4, -0.2) is 16.0 Å². The molecule has 0 unspecified atom stereocenters. The first-order valence-corrected chi connectivity index (χ1v) is 5.79. The van der Waals surface area contributed by atoms with Crippen LogP contribution in [0.25, 0.3) is 0 Å². The molecule has 2 aromatic carbocycles. The zero-order valence-electron chi connectivity index (χ0n) is 10.4. The van der Waals surface area contributed by atoms with Crippen molar-refractivity contribution in [1.29, 1.82) is 0 Å².